The third-order valence-electron chi connectivity index (χ3n) is 13.3. The van der Waals surface area contributed by atoms with Crippen molar-refractivity contribution in [3.8, 4) is 0 Å². The predicted molar refractivity (Wildman–Crippen MR) is 285 cm³/mol. The van der Waals surface area contributed by atoms with Crippen LogP contribution in [0.4, 0.5) is 0 Å². The highest BCUT2D eigenvalue weighted by molar-refractivity contribution is 8.13. The third-order valence-corrected chi connectivity index (χ3v) is 17.2. The Morgan fingerprint density at radius 2 is 0.730 bits per heavy atom. The van der Waals surface area contributed by atoms with Crippen molar-refractivity contribution < 1.29 is 18.1 Å². The number of thioether (sulfide) groups is 1. The van der Waals surface area contributed by atoms with Gasteiger partial charge in [-0.15, -0.1) is 0 Å². The molecule has 0 saturated carbocycles. The molecule has 5 nitrogen and oxygen atoms in total. The molecule has 0 heterocycles. The van der Waals surface area contributed by atoms with Crippen LogP contribution in [0.5, 0.6) is 0 Å². The van der Waals surface area contributed by atoms with Crippen molar-refractivity contribution >= 4 is 25.7 Å². The van der Waals surface area contributed by atoms with Crippen LogP contribution in [-0.2, 0) is 18.1 Å². The second-order valence-corrected chi connectivity index (χ2v) is 23.5. The van der Waals surface area contributed by atoms with Crippen molar-refractivity contribution in [2.24, 2.45) is 0 Å². The summed E-state index contributed by atoms with van der Waals surface area (Å²) in [5.41, 5.74) is 0. The van der Waals surface area contributed by atoms with Crippen molar-refractivity contribution in [1.29, 1.82) is 0 Å². The number of hydrogen-bond donors (Lipinski definition) is 1. The lowest BCUT2D eigenvalue weighted by atomic mass is 10.0. The summed E-state index contributed by atoms with van der Waals surface area (Å²) < 4.78 is 20.8. The molecule has 378 valence electrons. The Labute approximate surface area is 402 Å². The lowest BCUT2D eigenvalue weighted by molar-refractivity contribution is -0.111. The molecule has 0 aromatic carbocycles. The lowest BCUT2D eigenvalue weighted by Crippen LogP contribution is -2.49. The fourth-order valence-corrected chi connectivity index (χ4v) is 12.6. The predicted octanol–water partition coefficient (Wildman–Crippen LogP) is 19.1. The first kappa shape index (κ1) is 63.1. The molecule has 1 atom stereocenters. The Morgan fingerprint density at radius 1 is 0.413 bits per heavy atom. The SMILES string of the molecule is CCCCCCCCCCCCCCCCCCC(CO[Si](CCCSC(=O)CCCCCCC)(OCCCCCCCCCCCC)OCCCCCCCCCCCC)NC. The van der Waals surface area contributed by atoms with Crippen molar-refractivity contribution in [3.63, 3.8) is 0 Å². The van der Waals surface area contributed by atoms with E-state index in [-0.39, 0.29) is 0 Å². The van der Waals surface area contributed by atoms with Crippen LogP contribution in [0, 0.1) is 0 Å². The largest absolute Gasteiger partial charge is 0.501 e. The standard InChI is InChI=1S/C56H115NO4SSi/c1-6-10-14-18-21-24-27-28-29-30-31-32-33-36-40-43-48-55(57-5)54-61-63(53-47-52-62-56(58)49-44-39-17-13-9-4,59-50-45-41-37-34-25-22-19-15-11-7-2)60-51-46-42-38-35-26-23-20-16-12-8-3/h55,57H,6-54H2,1-5H3. The molecular weight excluding hydrogens is 811 g/mol. The van der Waals surface area contributed by atoms with Gasteiger partial charge in [0.1, 0.15) is 0 Å². The van der Waals surface area contributed by atoms with Gasteiger partial charge >= 0.3 is 8.80 Å². The molecule has 0 saturated heterocycles. The maximum atomic E-state index is 12.8. The third kappa shape index (κ3) is 47.0. The Bertz CT molecular complexity index is 854. The molecule has 1 N–H and O–H groups in total. The van der Waals surface area contributed by atoms with Crippen LogP contribution in [0.3, 0.4) is 0 Å². The van der Waals surface area contributed by atoms with Gasteiger partial charge in [-0.25, -0.2) is 0 Å². The van der Waals surface area contributed by atoms with Crippen LogP contribution >= 0.6 is 11.8 Å². The van der Waals surface area contributed by atoms with Gasteiger partial charge in [0.25, 0.3) is 0 Å². The minimum Gasteiger partial charge on any atom is -0.373 e. The number of nitrogens with one attached hydrogen (secondary N) is 1. The lowest BCUT2D eigenvalue weighted by Gasteiger charge is -2.32. The first-order valence-electron chi connectivity index (χ1n) is 28.8. The highest BCUT2D eigenvalue weighted by Gasteiger charge is 2.41. The molecule has 0 rings (SSSR count). The van der Waals surface area contributed by atoms with Crippen LogP contribution < -0.4 is 5.32 Å². The first-order valence-corrected chi connectivity index (χ1v) is 31.7. The smallest absolute Gasteiger partial charge is 0.373 e. The minimum absolute atomic E-state index is 0.314. The van der Waals surface area contributed by atoms with Gasteiger partial charge in [-0.1, -0.05) is 283 Å². The maximum Gasteiger partial charge on any atom is 0.501 e. The van der Waals surface area contributed by atoms with E-state index >= 15 is 0 Å². The number of carbonyl (C=O) groups excluding carboxylic acids is 1. The van der Waals surface area contributed by atoms with Gasteiger partial charge in [0.2, 0.25) is 0 Å². The van der Waals surface area contributed by atoms with E-state index in [2.05, 4.69) is 40.1 Å². The average molecular weight is 927 g/mol. The summed E-state index contributed by atoms with van der Waals surface area (Å²) in [7, 11) is -0.830. The van der Waals surface area contributed by atoms with Gasteiger partial charge < -0.3 is 18.6 Å². The van der Waals surface area contributed by atoms with Crippen molar-refractivity contribution in [2.45, 2.75) is 322 Å². The number of rotatable bonds is 55. The summed E-state index contributed by atoms with van der Waals surface area (Å²) in [6, 6.07) is 1.13. The average Bonchev–Trinajstić information content (AvgIpc) is 3.29. The summed E-state index contributed by atoms with van der Waals surface area (Å²) in [6.07, 6.45) is 57.6. The number of carbonyl (C=O) groups is 1. The fourth-order valence-electron chi connectivity index (χ4n) is 8.87. The molecule has 63 heavy (non-hydrogen) atoms. The number of hydrogen-bond acceptors (Lipinski definition) is 6. The normalized spacial score (nSPS) is 12.5. The Balaban J connectivity index is 5.10. The Kier molecular flexibility index (Phi) is 53.1. The Hall–Kier alpha value is 0.0769. The van der Waals surface area contributed by atoms with Crippen LogP contribution in [0.15, 0.2) is 0 Å². The van der Waals surface area contributed by atoms with Gasteiger partial charge in [-0.05, 0) is 39.2 Å². The molecule has 7 heteroatoms. The first-order chi connectivity index (χ1) is 31.1. The summed E-state index contributed by atoms with van der Waals surface area (Å²) in [5, 5.41) is 3.96. The van der Waals surface area contributed by atoms with Gasteiger partial charge in [0.15, 0.2) is 5.12 Å². The molecule has 0 bridgehead atoms. The molecule has 0 amide bonds. The van der Waals surface area contributed by atoms with Crippen molar-refractivity contribution in [1.82, 2.24) is 5.32 Å². The fraction of sp³-hybridized carbons (Fsp3) is 0.982. The van der Waals surface area contributed by atoms with E-state index in [0.717, 1.165) is 57.1 Å². The molecule has 0 aliphatic rings. The molecule has 1 unspecified atom stereocenters. The van der Waals surface area contributed by atoms with Crippen molar-refractivity contribution in [2.75, 3.05) is 32.6 Å². The summed E-state index contributed by atoms with van der Waals surface area (Å²) >= 11 is 1.53. The number of unbranched alkanes of at least 4 members (excludes halogenated alkanes) is 37. The quantitative estimate of drug-likeness (QED) is 0.0484. The zero-order valence-electron chi connectivity index (χ0n) is 43.8. The minimum atomic E-state index is -2.93. The Morgan fingerprint density at radius 3 is 1.08 bits per heavy atom. The molecule has 0 fully saturated rings. The highest BCUT2D eigenvalue weighted by Crippen LogP contribution is 2.24. The maximum absolute atomic E-state index is 12.8. The highest BCUT2D eigenvalue weighted by atomic mass is 32.2. The van der Waals surface area contributed by atoms with Crippen molar-refractivity contribution in [3.05, 3.63) is 0 Å². The molecule has 0 radical (unpaired) electrons. The second kappa shape index (κ2) is 53.0. The van der Waals surface area contributed by atoms with Crippen LogP contribution in [0.1, 0.15) is 310 Å². The van der Waals surface area contributed by atoms with Crippen LogP contribution in [-0.4, -0.2) is 52.6 Å². The van der Waals surface area contributed by atoms with E-state index in [9.17, 15) is 4.79 Å². The topological polar surface area (TPSA) is 56.8 Å². The van der Waals surface area contributed by atoms with Crippen LogP contribution in [0.2, 0.25) is 6.04 Å². The molecule has 0 aromatic rings. The summed E-state index contributed by atoms with van der Waals surface area (Å²) in [5.74, 6) is 0.837. The van der Waals surface area contributed by atoms with Gasteiger partial charge in [-0.3, -0.25) is 4.79 Å². The molecule has 0 aliphatic heterocycles. The van der Waals surface area contributed by atoms with E-state index in [1.54, 1.807) is 0 Å². The molecule has 0 aliphatic carbocycles. The van der Waals surface area contributed by atoms with Gasteiger partial charge in [-0.2, -0.15) is 0 Å². The molecule has 0 aromatic heterocycles. The van der Waals surface area contributed by atoms with E-state index < -0.39 is 8.80 Å². The monoisotopic (exact) mass is 926 g/mol. The summed E-state index contributed by atoms with van der Waals surface area (Å²) in [6.45, 7) is 11.3. The van der Waals surface area contributed by atoms with Gasteiger partial charge in [0, 0.05) is 37.5 Å². The van der Waals surface area contributed by atoms with E-state index in [1.165, 1.54) is 256 Å². The van der Waals surface area contributed by atoms with Crippen LogP contribution in [0.25, 0.3) is 0 Å². The molecular formula is C56H115NO4SSi. The van der Waals surface area contributed by atoms with E-state index in [1.807, 2.05) is 0 Å². The second-order valence-electron chi connectivity index (χ2n) is 19.6. The van der Waals surface area contributed by atoms with E-state index in [4.69, 9.17) is 13.3 Å². The van der Waals surface area contributed by atoms with E-state index in [0.29, 0.717) is 24.2 Å². The zero-order chi connectivity index (χ0) is 45.8. The van der Waals surface area contributed by atoms with Gasteiger partial charge in [0.05, 0.1) is 6.61 Å². The number of likely N-dealkylation sites (N-methyl/N-ethyl adjacent to an activating group) is 1. The summed E-state index contributed by atoms with van der Waals surface area (Å²) in [4.78, 5) is 12.8. The molecule has 0 spiro atoms. The zero-order valence-corrected chi connectivity index (χ0v) is 45.6.